The Kier molecular flexibility index (Phi) is 4.55. The van der Waals surface area contributed by atoms with Gasteiger partial charge in [0.05, 0.1) is 12.3 Å². The Balaban J connectivity index is 2.18. The molecule has 88 valence electrons. The molecular weight excluding hydrogens is 286 g/mol. The first kappa shape index (κ1) is 12.3. The molecule has 0 atom stereocenters. The number of benzene rings is 1. The number of thioether (sulfide) groups is 1. The summed E-state index contributed by atoms with van der Waals surface area (Å²) in [6.45, 7) is 2.35. The fourth-order valence-corrected chi connectivity index (χ4v) is 3.46. The van der Waals surface area contributed by atoms with E-state index in [4.69, 9.17) is 5.11 Å². The van der Waals surface area contributed by atoms with Gasteiger partial charge in [0, 0.05) is 23.3 Å². The molecule has 4 heteroatoms. The van der Waals surface area contributed by atoms with Crippen molar-refractivity contribution in [3.05, 3.63) is 28.2 Å². The summed E-state index contributed by atoms with van der Waals surface area (Å²) in [6, 6.07) is 6.11. The Bertz CT molecular complexity index is 351. The second-order valence-corrected chi connectivity index (χ2v) is 5.98. The molecule has 0 saturated carbocycles. The van der Waals surface area contributed by atoms with Crippen LogP contribution < -0.4 is 4.90 Å². The summed E-state index contributed by atoms with van der Waals surface area (Å²) in [4.78, 5) is 2.42. The third-order valence-electron chi connectivity index (χ3n) is 2.76. The van der Waals surface area contributed by atoms with Crippen LogP contribution in [-0.4, -0.2) is 29.7 Å². The van der Waals surface area contributed by atoms with Gasteiger partial charge in [-0.2, -0.15) is 11.8 Å². The maximum Gasteiger partial charge on any atom is 0.0682 e. The summed E-state index contributed by atoms with van der Waals surface area (Å²) in [5, 5.41) is 9.07. The maximum absolute atomic E-state index is 9.07. The van der Waals surface area contributed by atoms with Crippen LogP contribution in [0.5, 0.6) is 0 Å². The Hall–Kier alpha value is -0.190. The van der Waals surface area contributed by atoms with Crippen molar-refractivity contribution in [3.8, 4) is 0 Å². The minimum absolute atomic E-state index is 0.106. The lowest BCUT2D eigenvalue weighted by atomic mass is 10.2. The lowest BCUT2D eigenvalue weighted by Crippen LogP contribution is -2.25. The van der Waals surface area contributed by atoms with Crippen LogP contribution >= 0.6 is 27.7 Å². The molecule has 0 aromatic heterocycles. The molecule has 2 nitrogen and oxygen atoms in total. The van der Waals surface area contributed by atoms with Crippen LogP contribution in [0, 0.1) is 0 Å². The number of rotatable bonds is 2. The van der Waals surface area contributed by atoms with Crippen molar-refractivity contribution >= 4 is 33.4 Å². The molecular formula is C12H16BrNOS. The van der Waals surface area contributed by atoms with Gasteiger partial charge in [-0.15, -0.1) is 0 Å². The molecule has 2 rings (SSSR count). The van der Waals surface area contributed by atoms with Crippen LogP contribution in [0.2, 0.25) is 0 Å². The smallest absolute Gasteiger partial charge is 0.0682 e. The molecule has 1 N–H and O–H groups in total. The molecule has 0 spiro atoms. The van der Waals surface area contributed by atoms with Gasteiger partial charge in [0.1, 0.15) is 0 Å². The van der Waals surface area contributed by atoms with E-state index < -0.39 is 0 Å². The Morgan fingerprint density at radius 1 is 1.31 bits per heavy atom. The van der Waals surface area contributed by atoms with E-state index in [2.05, 4.69) is 26.9 Å². The van der Waals surface area contributed by atoms with Crippen molar-refractivity contribution in [1.29, 1.82) is 0 Å². The van der Waals surface area contributed by atoms with Gasteiger partial charge >= 0.3 is 0 Å². The van der Waals surface area contributed by atoms with Crippen LogP contribution in [0.15, 0.2) is 22.7 Å². The number of halogens is 1. The molecule has 16 heavy (non-hydrogen) atoms. The Morgan fingerprint density at radius 2 is 2.19 bits per heavy atom. The van der Waals surface area contributed by atoms with Crippen molar-refractivity contribution in [2.75, 3.05) is 29.5 Å². The second-order valence-electron chi connectivity index (χ2n) is 3.90. The summed E-state index contributed by atoms with van der Waals surface area (Å²) >= 11 is 5.62. The summed E-state index contributed by atoms with van der Waals surface area (Å²) in [7, 11) is 0. The van der Waals surface area contributed by atoms with E-state index in [1.807, 2.05) is 23.9 Å². The molecule has 1 aliphatic heterocycles. The molecule has 1 fully saturated rings. The number of anilines is 1. The van der Waals surface area contributed by atoms with Gasteiger partial charge in [0.15, 0.2) is 0 Å². The monoisotopic (exact) mass is 301 g/mol. The number of nitrogens with zero attached hydrogens (tertiary/aromatic N) is 1. The number of hydrogen-bond acceptors (Lipinski definition) is 3. The third-order valence-corrected chi connectivity index (χ3v) is 4.44. The first-order chi connectivity index (χ1) is 7.81. The number of hydrogen-bond donors (Lipinski definition) is 1. The minimum Gasteiger partial charge on any atom is -0.392 e. The lowest BCUT2D eigenvalue weighted by molar-refractivity contribution is 0.282. The molecule has 1 heterocycles. The van der Waals surface area contributed by atoms with E-state index in [0.29, 0.717) is 0 Å². The fraction of sp³-hybridized carbons (Fsp3) is 0.500. The Morgan fingerprint density at radius 3 is 2.94 bits per heavy atom. The first-order valence-electron chi connectivity index (χ1n) is 5.53. The predicted molar refractivity (Wildman–Crippen MR) is 74.2 cm³/mol. The normalized spacial score (nSPS) is 17.2. The van der Waals surface area contributed by atoms with Crippen LogP contribution in [0.25, 0.3) is 0 Å². The SMILES string of the molecule is OCc1ccc(N2CCCSCC2)c(Br)c1. The van der Waals surface area contributed by atoms with Crippen LogP contribution in [0.3, 0.4) is 0 Å². The topological polar surface area (TPSA) is 23.5 Å². The number of aliphatic hydroxyl groups is 1. The number of aliphatic hydroxyl groups excluding tert-OH is 1. The molecule has 1 aliphatic rings. The first-order valence-corrected chi connectivity index (χ1v) is 7.48. The predicted octanol–water partition coefficient (Wildman–Crippen LogP) is 2.88. The summed E-state index contributed by atoms with van der Waals surface area (Å²) in [5.74, 6) is 2.47. The molecule has 0 aliphatic carbocycles. The zero-order valence-corrected chi connectivity index (χ0v) is 11.6. The summed E-state index contributed by atoms with van der Waals surface area (Å²) in [6.07, 6.45) is 1.25. The zero-order valence-electron chi connectivity index (χ0n) is 9.16. The molecule has 1 aromatic carbocycles. The summed E-state index contributed by atoms with van der Waals surface area (Å²) in [5.41, 5.74) is 2.21. The molecule has 0 amide bonds. The highest BCUT2D eigenvalue weighted by Gasteiger charge is 2.12. The van der Waals surface area contributed by atoms with Crippen LogP contribution in [0.1, 0.15) is 12.0 Å². The van der Waals surface area contributed by atoms with Gasteiger partial charge in [0.25, 0.3) is 0 Å². The van der Waals surface area contributed by atoms with Crippen molar-refractivity contribution in [2.24, 2.45) is 0 Å². The van der Waals surface area contributed by atoms with Crippen molar-refractivity contribution < 1.29 is 5.11 Å². The Labute approximate surface area is 109 Å². The van der Waals surface area contributed by atoms with Crippen molar-refractivity contribution in [1.82, 2.24) is 0 Å². The van der Waals surface area contributed by atoms with Crippen molar-refractivity contribution in [2.45, 2.75) is 13.0 Å². The van der Waals surface area contributed by atoms with Gasteiger partial charge in [0.2, 0.25) is 0 Å². The van der Waals surface area contributed by atoms with Crippen LogP contribution in [-0.2, 0) is 6.61 Å². The molecule has 0 radical (unpaired) electrons. The van der Waals surface area contributed by atoms with E-state index in [9.17, 15) is 0 Å². The van der Waals surface area contributed by atoms with Gasteiger partial charge in [-0.05, 0) is 45.8 Å². The van der Waals surface area contributed by atoms with E-state index in [1.54, 1.807) is 0 Å². The van der Waals surface area contributed by atoms with E-state index in [1.165, 1.54) is 23.6 Å². The average Bonchev–Trinajstić information content (AvgIpc) is 2.57. The molecule has 0 unspecified atom stereocenters. The summed E-state index contributed by atoms with van der Waals surface area (Å²) < 4.78 is 1.09. The molecule has 0 bridgehead atoms. The standard InChI is InChI=1S/C12H16BrNOS/c13-11-8-10(9-15)2-3-12(11)14-4-1-6-16-7-5-14/h2-3,8,15H,1,4-7,9H2. The fourth-order valence-electron chi connectivity index (χ4n) is 1.89. The third kappa shape index (κ3) is 2.93. The zero-order chi connectivity index (χ0) is 11.4. The average molecular weight is 302 g/mol. The highest BCUT2D eigenvalue weighted by atomic mass is 79.9. The van der Waals surface area contributed by atoms with Gasteiger partial charge < -0.3 is 10.0 Å². The maximum atomic E-state index is 9.07. The quantitative estimate of drug-likeness (QED) is 0.909. The molecule has 1 aromatic rings. The van der Waals surface area contributed by atoms with Gasteiger partial charge in [-0.3, -0.25) is 0 Å². The van der Waals surface area contributed by atoms with Crippen molar-refractivity contribution in [3.63, 3.8) is 0 Å². The van der Waals surface area contributed by atoms with Gasteiger partial charge in [-0.25, -0.2) is 0 Å². The van der Waals surface area contributed by atoms with E-state index in [0.717, 1.165) is 23.1 Å². The highest BCUT2D eigenvalue weighted by Crippen LogP contribution is 2.29. The molecule has 1 saturated heterocycles. The van der Waals surface area contributed by atoms with E-state index in [-0.39, 0.29) is 6.61 Å². The van der Waals surface area contributed by atoms with Gasteiger partial charge in [-0.1, -0.05) is 6.07 Å². The highest BCUT2D eigenvalue weighted by molar-refractivity contribution is 9.10. The largest absolute Gasteiger partial charge is 0.392 e. The lowest BCUT2D eigenvalue weighted by Gasteiger charge is -2.23. The van der Waals surface area contributed by atoms with E-state index >= 15 is 0 Å². The minimum atomic E-state index is 0.106. The van der Waals surface area contributed by atoms with Crippen LogP contribution in [0.4, 0.5) is 5.69 Å². The second kappa shape index (κ2) is 5.94.